The van der Waals surface area contributed by atoms with E-state index in [1.807, 2.05) is 24.4 Å². The molecule has 1 saturated heterocycles. The van der Waals surface area contributed by atoms with Crippen LogP contribution in [0.2, 0.25) is 0 Å². The number of nitrogens with one attached hydrogen (secondary N) is 3. The number of imidazole rings is 1. The number of hydrogen-bond donors (Lipinski definition) is 3. The number of amides is 2. The second-order valence-corrected chi connectivity index (χ2v) is 9.37. The van der Waals surface area contributed by atoms with Gasteiger partial charge in [-0.05, 0) is 69.5 Å². The van der Waals surface area contributed by atoms with Gasteiger partial charge in [0.2, 0.25) is 5.88 Å². The van der Waals surface area contributed by atoms with Crippen molar-refractivity contribution in [2.24, 2.45) is 0 Å². The lowest BCUT2D eigenvalue weighted by atomic mass is 10.2. The van der Waals surface area contributed by atoms with E-state index < -0.39 is 0 Å². The molecule has 2 amide bonds. The zero-order chi connectivity index (χ0) is 24.0. The van der Waals surface area contributed by atoms with E-state index in [2.05, 4.69) is 54.6 Å². The fourth-order valence-electron chi connectivity index (χ4n) is 4.84. The second kappa shape index (κ2) is 10.8. The van der Waals surface area contributed by atoms with Gasteiger partial charge < -0.3 is 25.3 Å². The standard InChI is InChI=1S/C26H33N7O2/c1-32(18-24-27-13-14-28-24)22-12-15-33(17-22)21-9-6-19(7-10-21)30-26(34)31-20-8-11-25(29-16-20)35-23-4-2-3-5-23/h6-11,13-14,16,22-23H,2-5,12,15,17-18H2,1H3,(H,27,28)(H2,30,31,34). The summed E-state index contributed by atoms with van der Waals surface area (Å²) in [5.74, 6) is 1.60. The van der Waals surface area contributed by atoms with Gasteiger partial charge in [-0.25, -0.2) is 14.8 Å². The van der Waals surface area contributed by atoms with Crippen molar-refractivity contribution in [2.75, 3.05) is 35.7 Å². The molecule has 3 heterocycles. The van der Waals surface area contributed by atoms with Crippen LogP contribution in [0, 0.1) is 0 Å². The smallest absolute Gasteiger partial charge is 0.323 e. The summed E-state index contributed by atoms with van der Waals surface area (Å²) in [6.07, 6.45) is 11.3. The number of pyridine rings is 1. The van der Waals surface area contributed by atoms with E-state index >= 15 is 0 Å². The minimum atomic E-state index is -0.301. The van der Waals surface area contributed by atoms with Crippen molar-refractivity contribution in [3.63, 3.8) is 0 Å². The summed E-state index contributed by atoms with van der Waals surface area (Å²) in [6, 6.07) is 11.8. The Morgan fingerprint density at radius 1 is 1.09 bits per heavy atom. The van der Waals surface area contributed by atoms with Gasteiger partial charge in [-0.2, -0.15) is 0 Å². The number of benzene rings is 1. The minimum Gasteiger partial charge on any atom is -0.474 e. The van der Waals surface area contributed by atoms with E-state index in [-0.39, 0.29) is 12.1 Å². The van der Waals surface area contributed by atoms with Gasteiger partial charge >= 0.3 is 6.03 Å². The molecule has 0 bridgehead atoms. The van der Waals surface area contributed by atoms with Crippen molar-refractivity contribution in [1.29, 1.82) is 0 Å². The molecule has 5 rings (SSSR count). The van der Waals surface area contributed by atoms with Crippen LogP contribution in [0.1, 0.15) is 37.9 Å². The van der Waals surface area contributed by atoms with Gasteiger partial charge in [0.25, 0.3) is 0 Å². The summed E-state index contributed by atoms with van der Waals surface area (Å²) in [6.45, 7) is 2.79. The van der Waals surface area contributed by atoms with Crippen molar-refractivity contribution >= 4 is 23.1 Å². The molecule has 1 saturated carbocycles. The van der Waals surface area contributed by atoms with Gasteiger partial charge in [0.05, 0.1) is 18.4 Å². The number of H-pyrrole nitrogens is 1. The summed E-state index contributed by atoms with van der Waals surface area (Å²) in [5.41, 5.74) is 2.53. The normalized spacial score (nSPS) is 18.2. The van der Waals surface area contributed by atoms with E-state index in [1.54, 1.807) is 18.5 Å². The highest BCUT2D eigenvalue weighted by atomic mass is 16.5. The van der Waals surface area contributed by atoms with Gasteiger partial charge in [-0.1, -0.05) is 0 Å². The number of anilines is 3. The van der Waals surface area contributed by atoms with Gasteiger partial charge in [0, 0.05) is 49.0 Å². The lowest BCUT2D eigenvalue weighted by Crippen LogP contribution is -2.34. The predicted octanol–water partition coefficient (Wildman–Crippen LogP) is 4.48. The number of carbonyl (C=O) groups is 1. The minimum absolute atomic E-state index is 0.265. The molecule has 1 unspecified atom stereocenters. The molecule has 1 aliphatic heterocycles. The van der Waals surface area contributed by atoms with Crippen molar-refractivity contribution in [1.82, 2.24) is 19.9 Å². The fourth-order valence-corrected chi connectivity index (χ4v) is 4.84. The Morgan fingerprint density at radius 3 is 2.57 bits per heavy atom. The van der Waals surface area contributed by atoms with Crippen LogP contribution >= 0.6 is 0 Å². The predicted molar refractivity (Wildman–Crippen MR) is 137 cm³/mol. The van der Waals surface area contributed by atoms with Crippen molar-refractivity contribution in [3.05, 3.63) is 60.8 Å². The highest BCUT2D eigenvalue weighted by molar-refractivity contribution is 5.99. The van der Waals surface area contributed by atoms with E-state index in [9.17, 15) is 4.79 Å². The zero-order valence-corrected chi connectivity index (χ0v) is 20.1. The molecule has 9 heteroatoms. The van der Waals surface area contributed by atoms with Crippen LogP contribution in [0.3, 0.4) is 0 Å². The molecular weight excluding hydrogens is 442 g/mol. The Bertz CT molecular complexity index is 1080. The summed E-state index contributed by atoms with van der Waals surface area (Å²) < 4.78 is 5.88. The molecule has 3 N–H and O–H groups in total. The average molecular weight is 476 g/mol. The Balaban J connectivity index is 1.09. The summed E-state index contributed by atoms with van der Waals surface area (Å²) in [7, 11) is 2.15. The monoisotopic (exact) mass is 475 g/mol. The second-order valence-electron chi connectivity index (χ2n) is 9.37. The van der Waals surface area contributed by atoms with Gasteiger partial charge in [0.15, 0.2) is 0 Å². The first kappa shape index (κ1) is 23.2. The third-order valence-corrected chi connectivity index (χ3v) is 6.81. The van der Waals surface area contributed by atoms with Crippen LogP contribution in [0.5, 0.6) is 5.88 Å². The van der Waals surface area contributed by atoms with Crippen LogP contribution < -0.4 is 20.3 Å². The zero-order valence-electron chi connectivity index (χ0n) is 20.1. The first-order valence-electron chi connectivity index (χ1n) is 12.4. The first-order chi connectivity index (χ1) is 17.1. The van der Waals surface area contributed by atoms with E-state index in [4.69, 9.17) is 4.74 Å². The molecule has 2 fully saturated rings. The molecule has 0 radical (unpaired) electrons. The van der Waals surface area contributed by atoms with Crippen LogP contribution in [-0.4, -0.2) is 58.2 Å². The lowest BCUT2D eigenvalue weighted by Gasteiger charge is -2.24. The molecule has 0 spiro atoms. The molecule has 2 aromatic heterocycles. The summed E-state index contributed by atoms with van der Waals surface area (Å²) in [5, 5.41) is 5.71. The van der Waals surface area contributed by atoms with E-state index in [0.717, 1.165) is 56.1 Å². The maximum Gasteiger partial charge on any atom is 0.323 e. The molecule has 3 aromatic rings. The number of rotatable bonds is 8. The number of aromatic amines is 1. The van der Waals surface area contributed by atoms with Gasteiger partial charge in [-0.15, -0.1) is 0 Å². The largest absolute Gasteiger partial charge is 0.474 e. The number of urea groups is 1. The van der Waals surface area contributed by atoms with Gasteiger partial charge in [-0.3, -0.25) is 4.90 Å². The summed E-state index contributed by atoms with van der Waals surface area (Å²) >= 11 is 0. The first-order valence-corrected chi connectivity index (χ1v) is 12.4. The molecule has 1 aromatic carbocycles. The average Bonchev–Trinajstić information content (AvgIpc) is 3.64. The topological polar surface area (TPSA) is 98.4 Å². The van der Waals surface area contributed by atoms with E-state index in [1.165, 1.54) is 12.8 Å². The van der Waals surface area contributed by atoms with Crippen LogP contribution in [0.4, 0.5) is 21.9 Å². The molecule has 1 aliphatic carbocycles. The fraction of sp³-hybridized carbons (Fsp3) is 0.423. The number of carbonyl (C=O) groups excluding carboxylic acids is 1. The molecule has 1 atom stereocenters. The maximum absolute atomic E-state index is 12.4. The molecule has 184 valence electrons. The molecule has 9 nitrogen and oxygen atoms in total. The van der Waals surface area contributed by atoms with Crippen LogP contribution in [0.25, 0.3) is 0 Å². The Labute approximate surface area is 205 Å². The number of ether oxygens (including phenoxy) is 1. The van der Waals surface area contributed by atoms with E-state index in [0.29, 0.717) is 17.6 Å². The Morgan fingerprint density at radius 2 is 1.86 bits per heavy atom. The number of hydrogen-bond acceptors (Lipinski definition) is 6. The molecular formula is C26H33N7O2. The molecule has 35 heavy (non-hydrogen) atoms. The van der Waals surface area contributed by atoms with Crippen molar-refractivity contribution < 1.29 is 9.53 Å². The highest BCUT2D eigenvalue weighted by Gasteiger charge is 2.26. The van der Waals surface area contributed by atoms with Crippen molar-refractivity contribution in [3.8, 4) is 5.88 Å². The quantitative estimate of drug-likeness (QED) is 0.444. The summed E-state index contributed by atoms with van der Waals surface area (Å²) in [4.78, 5) is 29.0. The number of aromatic nitrogens is 3. The maximum atomic E-state index is 12.4. The Hall–Kier alpha value is -3.59. The molecule has 2 aliphatic rings. The van der Waals surface area contributed by atoms with Crippen LogP contribution in [-0.2, 0) is 6.54 Å². The number of nitrogens with zero attached hydrogens (tertiary/aromatic N) is 4. The lowest BCUT2D eigenvalue weighted by molar-refractivity contribution is 0.201. The highest BCUT2D eigenvalue weighted by Crippen LogP contribution is 2.25. The third kappa shape index (κ3) is 6.10. The third-order valence-electron chi connectivity index (χ3n) is 6.81. The SMILES string of the molecule is CN(Cc1ncc[nH]1)C1CCN(c2ccc(NC(=O)Nc3ccc(OC4CCCC4)nc3)cc2)C1. The van der Waals surface area contributed by atoms with Crippen molar-refractivity contribution in [2.45, 2.75) is 50.8 Å². The number of likely N-dealkylation sites (N-methyl/N-ethyl adjacent to an activating group) is 1. The van der Waals surface area contributed by atoms with Gasteiger partial charge in [0.1, 0.15) is 11.9 Å². The Kier molecular flexibility index (Phi) is 7.13. The van der Waals surface area contributed by atoms with Crippen LogP contribution in [0.15, 0.2) is 55.0 Å².